The molecule has 2 N–H and O–H groups in total. The van der Waals surface area contributed by atoms with Gasteiger partial charge in [-0.3, -0.25) is 0 Å². The minimum Gasteiger partial charge on any atom is -0.373 e. The van der Waals surface area contributed by atoms with Gasteiger partial charge in [0.15, 0.2) is 0 Å². The van der Waals surface area contributed by atoms with Crippen molar-refractivity contribution in [1.29, 1.82) is 0 Å². The molecule has 1 aliphatic heterocycles. The van der Waals surface area contributed by atoms with E-state index >= 15 is 0 Å². The van der Waals surface area contributed by atoms with Gasteiger partial charge in [-0.1, -0.05) is 0 Å². The lowest BCUT2D eigenvalue weighted by molar-refractivity contribution is 0.856. The Morgan fingerprint density at radius 3 is 3.00 bits per heavy atom. The molecule has 0 atom stereocenters. The summed E-state index contributed by atoms with van der Waals surface area (Å²) in [5.74, 6) is 0.980. The summed E-state index contributed by atoms with van der Waals surface area (Å²) in [6.07, 6.45) is 1.71. The molecular weight excluding hydrogens is 114 g/mol. The van der Waals surface area contributed by atoms with Crippen molar-refractivity contribution in [2.45, 2.75) is 6.92 Å². The first kappa shape index (κ1) is 6.13. The minimum absolute atomic E-state index is 0.902. The lowest BCUT2D eigenvalue weighted by atomic mass is 10.3. The number of hydrogen-bond donors (Lipinski definition) is 2. The van der Waals surface area contributed by atoms with Crippen LogP contribution in [-0.4, -0.2) is 19.9 Å². The van der Waals surface area contributed by atoms with Crippen LogP contribution in [0.15, 0.2) is 16.4 Å². The molecule has 0 aliphatic carbocycles. The Hall–Kier alpha value is -0.990. The van der Waals surface area contributed by atoms with Crippen LogP contribution in [0.1, 0.15) is 6.92 Å². The van der Waals surface area contributed by atoms with E-state index in [1.54, 1.807) is 6.34 Å². The van der Waals surface area contributed by atoms with Crippen LogP contribution in [0.3, 0.4) is 0 Å². The molecule has 3 nitrogen and oxygen atoms in total. The van der Waals surface area contributed by atoms with Crippen molar-refractivity contribution in [3.05, 3.63) is 11.4 Å². The van der Waals surface area contributed by atoms with Crippen molar-refractivity contribution in [1.82, 2.24) is 10.6 Å². The van der Waals surface area contributed by atoms with Crippen LogP contribution in [0.4, 0.5) is 0 Å². The van der Waals surface area contributed by atoms with E-state index < -0.39 is 0 Å². The zero-order valence-corrected chi connectivity index (χ0v) is 5.73. The van der Waals surface area contributed by atoms with E-state index in [4.69, 9.17) is 0 Å². The van der Waals surface area contributed by atoms with Crippen LogP contribution < -0.4 is 10.6 Å². The van der Waals surface area contributed by atoms with Crippen LogP contribution in [0.5, 0.6) is 0 Å². The summed E-state index contributed by atoms with van der Waals surface area (Å²) in [6, 6.07) is 0. The fraction of sp³-hybridized carbons (Fsp3) is 0.500. The maximum absolute atomic E-state index is 4.06. The zero-order valence-electron chi connectivity index (χ0n) is 5.73. The first-order valence-electron chi connectivity index (χ1n) is 2.98. The SMILES string of the molecule is CNC1=C(C)CNC=N1. The van der Waals surface area contributed by atoms with Gasteiger partial charge in [-0.25, -0.2) is 4.99 Å². The second-order valence-corrected chi connectivity index (χ2v) is 2.02. The molecule has 0 saturated carbocycles. The average Bonchev–Trinajstić information content (AvgIpc) is 1.89. The van der Waals surface area contributed by atoms with Crippen LogP contribution in [-0.2, 0) is 0 Å². The number of nitrogens with zero attached hydrogens (tertiary/aromatic N) is 1. The van der Waals surface area contributed by atoms with Gasteiger partial charge in [0.2, 0.25) is 0 Å². The highest BCUT2D eigenvalue weighted by atomic mass is 15.1. The predicted molar refractivity (Wildman–Crippen MR) is 38.3 cm³/mol. The fourth-order valence-electron chi connectivity index (χ4n) is 0.781. The molecule has 3 heteroatoms. The summed E-state index contributed by atoms with van der Waals surface area (Å²) < 4.78 is 0. The van der Waals surface area contributed by atoms with Gasteiger partial charge in [-0.05, 0) is 12.5 Å². The zero-order chi connectivity index (χ0) is 6.69. The van der Waals surface area contributed by atoms with Crippen LogP contribution >= 0.6 is 0 Å². The molecule has 0 aromatic carbocycles. The van der Waals surface area contributed by atoms with E-state index in [9.17, 15) is 0 Å². The van der Waals surface area contributed by atoms with E-state index in [0.717, 1.165) is 12.4 Å². The molecule has 0 fully saturated rings. The summed E-state index contributed by atoms with van der Waals surface area (Å²) in [4.78, 5) is 4.06. The largest absolute Gasteiger partial charge is 0.373 e. The van der Waals surface area contributed by atoms with Gasteiger partial charge >= 0.3 is 0 Å². The third-order valence-electron chi connectivity index (χ3n) is 1.29. The number of nitrogens with one attached hydrogen (secondary N) is 2. The summed E-state index contributed by atoms with van der Waals surface area (Å²) >= 11 is 0. The van der Waals surface area contributed by atoms with Crippen LogP contribution in [0.2, 0.25) is 0 Å². The molecule has 1 rings (SSSR count). The number of hydrogen-bond acceptors (Lipinski definition) is 3. The second kappa shape index (κ2) is 2.53. The number of aliphatic imine (C=N–C) groups is 1. The molecule has 0 aromatic heterocycles. The van der Waals surface area contributed by atoms with Crippen LogP contribution in [0, 0.1) is 0 Å². The molecule has 9 heavy (non-hydrogen) atoms. The molecule has 0 amide bonds. The Morgan fingerprint density at radius 2 is 2.56 bits per heavy atom. The molecule has 0 unspecified atom stereocenters. The van der Waals surface area contributed by atoms with Gasteiger partial charge in [0.05, 0.1) is 6.34 Å². The quantitative estimate of drug-likeness (QED) is 0.520. The normalized spacial score (nSPS) is 17.6. The maximum Gasteiger partial charge on any atom is 0.128 e. The van der Waals surface area contributed by atoms with Gasteiger partial charge in [-0.15, -0.1) is 0 Å². The van der Waals surface area contributed by atoms with Gasteiger partial charge in [-0.2, -0.15) is 0 Å². The molecule has 0 aromatic rings. The third-order valence-corrected chi connectivity index (χ3v) is 1.29. The molecule has 1 aliphatic rings. The molecule has 0 saturated heterocycles. The molecule has 50 valence electrons. The Bertz CT molecular complexity index is 158. The van der Waals surface area contributed by atoms with Crippen molar-refractivity contribution in [3.63, 3.8) is 0 Å². The highest BCUT2D eigenvalue weighted by Gasteiger charge is 2.00. The topological polar surface area (TPSA) is 36.4 Å². The average molecular weight is 125 g/mol. The summed E-state index contributed by atoms with van der Waals surface area (Å²) in [6.45, 7) is 2.95. The summed E-state index contributed by atoms with van der Waals surface area (Å²) in [5.41, 5.74) is 1.25. The van der Waals surface area contributed by atoms with E-state index in [-0.39, 0.29) is 0 Å². The first-order valence-corrected chi connectivity index (χ1v) is 2.98. The lowest BCUT2D eigenvalue weighted by Gasteiger charge is -2.11. The minimum atomic E-state index is 0.902. The van der Waals surface area contributed by atoms with Gasteiger partial charge in [0.1, 0.15) is 5.82 Å². The smallest absolute Gasteiger partial charge is 0.128 e. The lowest BCUT2D eigenvalue weighted by Crippen LogP contribution is -2.22. The van der Waals surface area contributed by atoms with E-state index in [1.165, 1.54) is 5.57 Å². The Kier molecular flexibility index (Phi) is 1.72. The van der Waals surface area contributed by atoms with Gasteiger partial charge in [0.25, 0.3) is 0 Å². The standard InChI is InChI=1S/C6H11N3/c1-5-3-8-4-9-6(5)7-2/h4,7H,3H2,1-2H3,(H,8,9). The van der Waals surface area contributed by atoms with Crippen molar-refractivity contribution in [2.75, 3.05) is 13.6 Å². The van der Waals surface area contributed by atoms with Crippen molar-refractivity contribution >= 4 is 6.34 Å². The highest BCUT2D eigenvalue weighted by Crippen LogP contribution is 2.01. The third kappa shape index (κ3) is 1.22. The summed E-state index contributed by atoms with van der Waals surface area (Å²) in [5, 5.41) is 6.00. The Labute approximate surface area is 54.9 Å². The molecule has 0 bridgehead atoms. The van der Waals surface area contributed by atoms with Gasteiger partial charge in [0, 0.05) is 13.6 Å². The molecule has 0 spiro atoms. The Morgan fingerprint density at radius 1 is 1.78 bits per heavy atom. The number of rotatable bonds is 1. The van der Waals surface area contributed by atoms with Gasteiger partial charge < -0.3 is 10.6 Å². The van der Waals surface area contributed by atoms with Crippen molar-refractivity contribution < 1.29 is 0 Å². The molecular formula is C6H11N3. The predicted octanol–water partition coefficient (Wildman–Crippen LogP) is 0.0688. The first-order chi connectivity index (χ1) is 4.34. The highest BCUT2D eigenvalue weighted by molar-refractivity contribution is 5.58. The molecule has 1 heterocycles. The second-order valence-electron chi connectivity index (χ2n) is 2.02. The van der Waals surface area contributed by atoms with Crippen molar-refractivity contribution in [3.8, 4) is 0 Å². The monoisotopic (exact) mass is 125 g/mol. The van der Waals surface area contributed by atoms with Crippen LogP contribution in [0.25, 0.3) is 0 Å². The van der Waals surface area contributed by atoms with E-state index in [2.05, 4.69) is 22.5 Å². The molecule has 0 radical (unpaired) electrons. The fourth-order valence-corrected chi connectivity index (χ4v) is 0.781. The summed E-state index contributed by atoms with van der Waals surface area (Å²) in [7, 11) is 1.88. The van der Waals surface area contributed by atoms with Crippen molar-refractivity contribution in [2.24, 2.45) is 4.99 Å². The Balaban J connectivity index is 2.72. The maximum atomic E-state index is 4.06. The van der Waals surface area contributed by atoms with E-state index in [0.29, 0.717) is 0 Å². The van der Waals surface area contributed by atoms with E-state index in [1.807, 2.05) is 7.05 Å².